The van der Waals surface area contributed by atoms with Gasteiger partial charge in [0.25, 0.3) is 0 Å². The summed E-state index contributed by atoms with van der Waals surface area (Å²) in [6.45, 7) is 6.38. The van der Waals surface area contributed by atoms with Gasteiger partial charge in [0, 0.05) is 6.04 Å². The highest BCUT2D eigenvalue weighted by molar-refractivity contribution is 5.34. The van der Waals surface area contributed by atoms with Gasteiger partial charge in [-0.25, -0.2) is 0 Å². The highest BCUT2D eigenvalue weighted by atomic mass is 14.6. The van der Waals surface area contributed by atoms with Crippen molar-refractivity contribution in [1.82, 2.24) is 0 Å². The Morgan fingerprint density at radius 2 is 2.00 bits per heavy atom. The van der Waals surface area contributed by atoms with E-state index in [0.29, 0.717) is 0 Å². The second-order valence-electron chi connectivity index (χ2n) is 3.30. The minimum atomic E-state index is 0.199. The maximum absolute atomic E-state index is 5.96. The van der Waals surface area contributed by atoms with E-state index >= 15 is 0 Å². The Morgan fingerprint density at radius 1 is 1.33 bits per heavy atom. The number of nitrogens with two attached hydrogens (primary N) is 1. The molecule has 1 heteroatoms. The lowest BCUT2D eigenvalue weighted by atomic mass is 9.97. The molecule has 0 aromatic heterocycles. The van der Waals surface area contributed by atoms with Crippen LogP contribution in [0.3, 0.4) is 0 Å². The summed E-state index contributed by atoms with van der Waals surface area (Å²) in [6, 6.07) is 6.52. The van der Waals surface area contributed by atoms with Gasteiger partial charge in [-0.05, 0) is 37.0 Å². The van der Waals surface area contributed by atoms with Gasteiger partial charge in [0.2, 0.25) is 0 Å². The fourth-order valence-corrected chi connectivity index (χ4v) is 1.40. The van der Waals surface area contributed by atoms with Gasteiger partial charge in [0.05, 0.1) is 0 Å². The predicted molar refractivity (Wildman–Crippen MR) is 53.1 cm³/mol. The van der Waals surface area contributed by atoms with Crippen molar-refractivity contribution < 1.29 is 0 Å². The molecule has 2 N–H and O–H groups in total. The summed E-state index contributed by atoms with van der Waals surface area (Å²) >= 11 is 0. The van der Waals surface area contributed by atoms with Crippen molar-refractivity contribution in [3.05, 3.63) is 34.9 Å². The Hall–Kier alpha value is -0.820. The van der Waals surface area contributed by atoms with Crippen LogP contribution in [0.25, 0.3) is 0 Å². The zero-order valence-corrected chi connectivity index (χ0v) is 8.09. The van der Waals surface area contributed by atoms with Gasteiger partial charge in [-0.1, -0.05) is 25.1 Å². The first-order valence-electron chi connectivity index (χ1n) is 4.48. The number of hydrogen-bond donors (Lipinski definition) is 1. The summed E-state index contributed by atoms with van der Waals surface area (Å²) in [5.41, 5.74) is 9.92. The molecule has 0 fully saturated rings. The number of aryl methyl sites for hydroxylation is 1. The molecule has 1 aromatic rings. The first-order valence-corrected chi connectivity index (χ1v) is 4.48. The van der Waals surface area contributed by atoms with Crippen LogP contribution in [0.1, 0.15) is 36.1 Å². The zero-order chi connectivity index (χ0) is 9.14. The Bertz CT molecular complexity index is 266. The first-order chi connectivity index (χ1) is 5.66. The van der Waals surface area contributed by atoms with E-state index in [2.05, 4.69) is 39.0 Å². The third-order valence-electron chi connectivity index (χ3n) is 2.49. The topological polar surface area (TPSA) is 26.0 Å². The number of benzene rings is 1. The monoisotopic (exact) mass is 163 g/mol. The highest BCUT2D eigenvalue weighted by Gasteiger charge is 2.06. The molecule has 1 rings (SSSR count). The van der Waals surface area contributed by atoms with Crippen LogP contribution < -0.4 is 5.73 Å². The molecule has 0 amide bonds. The summed E-state index contributed by atoms with van der Waals surface area (Å²) in [5, 5.41) is 0. The molecule has 1 atom stereocenters. The van der Waals surface area contributed by atoms with Gasteiger partial charge in [-0.15, -0.1) is 0 Å². The molecule has 0 unspecified atom stereocenters. The molecule has 66 valence electrons. The summed E-state index contributed by atoms with van der Waals surface area (Å²) in [7, 11) is 0. The maximum Gasteiger partial charge on any atom is 0.0294 e. The van der Waals surface area contributed by atoms with E-state index < -0.39 is 0 Å². The number of hydrogen-bond acceptors (Lipinski definition) is 1. The van der Waals surface area contributed by atoms with Gasteiger partial charge < -0.3 is 5.73 Å². The molecule has 0 aliphatic heterocycles. The van der Waals surface area contributed by atoms with E-state index in [0.717, 1.165) is 6.42 Å². The lowest BCUT2D eigenvalue weighted by molar-refractivity contribution is 0.693. The Morgan fingerprint density at radius 3 is 2.58 bits per heavy atom. The molecule has 0 spiro atoms. The van der Waals surface area contributed by atoms with Crippen LogP contribution in [0, 0.1) is 13.8 Å². The second-order valence-corrected chi connectivity index (χ2v) is 3.30. The molecule has 0 saturated carbocycles. The molecular weight excluding hydrogens is 146 g/mol. The van der Waals surface area contributed by atoms with Gasteiger partial charge in [-0.2, -0.15) is 0 Å². The van der Waals surface area contributed by atoms with Gasteiger partial charge >= 0.3 is 0 Å². The molecule has 0 heterocycles. The molecule has 12 heavy (non-hydrogen) atoms. The Kier molecular flexibility index (Phi) is 2.88. The van der Waals surface area contributed by atoms with Crippen molar-refractivity contribution in [2.24, 2.45) is 5.73 Å². The summed E-state index contributed by atoms with van der Waals surface area (Å²) in [6.07, 6.45) is 1.00. The Balaban J connectivity index is 3.07. The lowest BCUT2D eigenvalue weighted by Gasteiger charge is -2.13. The second kappa shape index (κ2) is 3.72. The zero-order valence-electron chi connectivity index (χ0n) is 8.09. The van der Waals surface area contributed by atoms with Crippen molar-refractivity contribution in [3.63, 3.8) is 0 Å². The average Bonchev–Trinajstić information content (AvgIpc) is 2.08. The minimum Gasteiger partial charge on any atom is -0.324 e. The van der Waals surface area contributed by atoms with E-state index in [-0.39, 0.29) is 6.04 Å². The van der Waals surface area contributed by atoms with Crippen LogP contribution in [-0.4, -0.2) is 0 Å². The van der Waals surface area contributed by atoms with Crippen LogP contribution in [0.4, 0.5) is 0 Å². The van der Waals surface area contributed by atoms with Gasteiger partial charge in [0.1, 0.15) is 0 Å². The fourth-order valence-electron chi connectivity index (χ4n) is 1.40. The van der Waals surface area contributed by atoms with Crippen LogP contribution in [-0.2, 0) is 0 Å². The van der Waals surface area contributed by atoms with Crippen LogP contribution in [0.2, 0.25) is 0 Å². The summed E-state index contributed by atoms with van der Waals surface area (Å²) < 4.78 is 0. The lowest BCUT2D eigenvalue weighted by Crippen LogP contribution is -2.10. The van der Waals surface area contributed by atoms with Crippen molar-refractivity contribution in [3.8, 4) is 0 Å². The predicted octanol–water partition coefficient (Wildman–Crippen LogP) is 2.71. The third-order valence-corrected chi connectivity index (χ3v) is 2.49. The van der Waals surface area contributed by atoms with Crippen molar-refractivity contribution in [2.75, 3.05) is 0 Å². The Labute approximate surface area is 74.6 Å². The third kappa shape index (κ3) is 1.67. The molecule has 0 radical (unpaired) electrons. The standard InChI is InChI=1S/C11H17N/c1-4-11(12)10-7-5-6-8(2)9(10)3/h5-7,11H,4,12H2,1-3H3/t11-/m0/s1. The van der Waals surface area contributed by atoms with Crippen molar-refractivity contribution >= 4 is 0 Å². The number of rotatable bonds is 2. The first kappa shape index (κ1) is 9.27. The van der Waals surface area contributed by atoms with Crippen molar-refractivity contribution in [1.29, 1.82) is 0 Å². The minimum absolute atomic E-state index is 0.199. The van der Waals surface area contributed by atoms with E-state index in [1.54, 1.807) is 0 Å². The molecule has 1 nitrogen and oxygen atoms in total. The van der Waals surface area contributed by atoms with E-state index in [1.807, 2.05) is 0 Å². The molecule has 0 aliphatic rings. The largest absolute Gasteiger partial charge is 0.324 e. The highest BCUT2D eigenvalue weighted by Crippen LogP contribution is 2.20. The van der Waals surface area contributed by atoms with Crippen LogP contribution >= 0.6 is 0 Å². The van der Waals surface area contributed by atoms with E-state index in [4.69, 9.17) is 5.73 Å². The fraction of sp³-hybridized carbons (Fsp3) is 0.455. The maximum atomic E-state index is 5.96. The van der Waals surface area contributed by atoms with Gasteiger partial charge in [0.15, 0.2) is 0 Å². The smallest absolute Gasteiger partial charge is 0.0294 e. The normalized spacial score (nSPS) is 13.0. The van der Waals surface area contributed by atoms with Crippen LogP contribution in [0.15, 0.2) is 18.2 Å². The molecule has 0 saturated heterocycles. The van der Waals surface area contributed by atoms with E-state index in [1.165, 1.54) is 16.7 Å². The molecule has 0 aliphatic carbocycles. The molecular formula is C11H17N. The quantitative estimate of drug-likeness (QED) is 0.712. The van der Waals surface area contributed by atoms with Crippen LogP contribution in [0.5, 0.6) is 0 Å². The summed E-state index contributed by atoms with van der Waals surface area (Å²) in [5.74, 6) is 0. The molecule has 1 aromatic carbocycles. The van der Waals surface area contributed by atoms with Gasteiger partial charge in [-0.3, -0.25) is 0 Å². The summed E-state index contributed by atoms with van der Waals surface area (Å²) in [4.78, 5) is 0. The van der Waals surface area contributed by atoms with E-state index in [9.17, 15) is 0 Å². The van der Waals surface area contributed by atoms with Crippen molar-refractivity contribution in [2.45, 2.75) is 33.2 Å². The molecule has 0 bridgehead atoms. The SMILES string of the molecule is CC[C@H](N)c1cccc(C)c1C. The average molecular weight is 163 g/mol.